The number of carbonyl (C=O) groups is 1. The van der Waals surface area contributed by atoms with E-state index in [1.807, 2.05) is 29.3 Å². The molecule has 1 N–H and O–H groups in total. The second-order valence-corrected chi connectivity index (χ2v) is 3.09. The van der Waals surface area contributed by atoms with Crippen LogP contribution in [0.25, 0.3) is 0 Å². The number of allylic oxidation sites excluding steroid dienone is 2. The van der Waals surface area contributed by atoms with Crippen LogP contribution in [0.4, 0.5) is 0 Å². The lowest BCUT2D eigenvalue weighted by Crippen LogP contribution is -2.24. The van der Waals surface area contributed by atoms with Gasteiger partial charge in [0.2, 0.25) is 0 Å². The van der Waals surface area contributed by atoms with Gasteiger partial charge in [-0.3, -0.25) is 9.79 Å². The van der Waals surface area contributed by atoms with Gasteiger partial charge >= 0.3 is 5.97 Å². The summed E-state index contributed by atoms with van der Waals surface area (Å²) in [5.74, 6) is 0.0795. The Hall–Kier alpha value is -1.58. The summed E-state index contributed by atoms with van der Waals surface area (Å²) >= 11 is 0. The van der Waals surface area contributed by atoms with Crippen LogP contribution >= 0.6 is 0 Å². The number of hydrogen-bond acceptors (Lipinski definition) is 3. The molecule has 0 aromatic heterocycles. The molecule has 0 aromatic carbocycles. The zero-order valence-electron chi connectivity index (χ0n) is 7.05. The van der Waals surface area contributed by atoms with Crippen molar-refractivity contribution < 1.29 is 9.90 Å². The van der Waals surface area contributed by atoms with E-state index < -0.39 is 5.97 Å². The minimum absolute atomic E-state index is 0.0973. The van der Waals surface area contributed by atoms with Gasteiger partial charge in [0.05, 0.1) is 12.5 Å². The largest absolute Gasteiger partial charge is 0.481 e. The van der Waals surface area contributed by atoms with E-state index in [4.69, 9.17) is 5.11 Å². The Labute approximate surface area is 75.9 Å². The van der Waals surface area contributed by atoms with Gasteiger partial charge < -0.3 is 10.0 Å². The molecule has 68 valence electrons. The summed E-state index contributed by atoms with van der Waals surface area (Å²) in [7, 11) is 0. The fraction of sp³-hybridized carbons (Fsp3) is 0.333. The van der Waals surface area contributed by atoms with E-state index >= 15 is 0 Å². The van der Waals surface area contributed by atoms with E-state index in [0.717, 1.165) is 5.84 Å². The van der Waals surface area contributed by atoms with Gasteiger partial charge in [-0.15, -0.1) is 0 Å². The monoisotopic (exact) mass is 178 g/mol. The van der Waals surface area contributed by atoms with Crippen LogP contribution < -0.4 is 0 Å². The number of nitrogens with zero attached hydrogens (tertiary/aromatic N) is 2. The quantitative estimate of drug-likeness (QED) is 0.674. The van der Waals surface area contributed by atoms with Crippen LogP contribution in [0.1, 0.15) is 6.42 Å². The van der Waals surface area contributed by atoms with Crippen molar-refractivity contribution in [1.29, 1.82) is 0 Å². The van der Waals surface area contributed by atoms with Gasteiger partial charge in [-0.2, -0.15) is 0 Å². The molecule has 0 saturated carbocycles. The molecule has 0 bridgehead atoms. The van der Waals surface area contributed by atoms with Crippen molar-refractivity contribution in [2.24, 2.45) is 4.99 Å². The van der Waals surface area contributed by atoms with Crippen molar-refractivity contribution in [3.8, 4) is 0 Å². The summed E-state index contributed by atoms with van der Waals surface area (Å²) in [5.41, 5.74) is 0. The average Bonchev–Trinajstić information content (AvgIpc) is 2.44. The molecule has 0 radical (unpaired) electrons. The van der Waals surface area contributed by atoms with Crippen LogP contribution in [-0.4, -0.2) is 34.4 Å². The third-order valence-corrected chi connectivity index (χ3v) is 2.05. The Bertz CT molecular complexity index is 318. The fourth-order valence-corrected chi connectivity index (χ4v) is 1.51. The van der Waals surface area contributed by atoms with E-state index in [0.29, 0.717) is 6.54 Å². The molecule has 4 heteroatoms. The molecule has 2 aliphatic heterocycles. The van der Waals surface area contributed by atoms with Crippen molar-refractivity contribution in [1.82, 2.24) is 4.90 Å². The highest BCUT2D eigenvalue weighted by atomic mass is 16.4. The second kappa shape index (κ2) is 3.05. The third-order valence-electron chi connectivity index (χ3n) is 2.05. The number of rotatable bonds is 2. The lowest BCUT2D eigenvalue weighted by atomic mass is 10.2. The van der Waals surface area contributed by atoms with E-state index in [-0.39, 0.29) is 12.5 Å². The zero-order valence-corrected chi connectivity index (χ0v) is 7.05. The molecule has 0 fully saturated rings. The van der Waals surface area contributed by atoms with E-state index in [2.05, 4.69) is 4.99 Å². The molecule has 2 aliphatic rings. The van der Waals surface area contributed by atoms with Crippen LogP contribution in [0.15, 0.2) is 29.4 Å². The zero-order chi connectivity index (χ0) is 9.26. The minimum atomic E-state index is -0.790. The van der Waals surface area contributed by atoms with Crippen molar-refractivity contribution in [3.63, 3.8) is 0 Å². The van der Waals surface area contributed by atoms with Crippen LogP contribution in [0.2, 0.25) is 0 Å². The lowest BCUT2D eigenvalue weighted by molar-refractivity contribution is -0.137. The summed E-state index contributed by atoms with van der Waals surface area (Å²) in [6.07, 6.45) is 7.74. The maximum atomic E-state index is 10.4. The third kappa shape index (κ3) is 1.61. The predicted octanol–water partition coefficient (Wildman–Crippen LogP) is 0.627. The minimum Gasteiger partial charge on any atom is -0.481 e. The molecule has 0 aromatic rings. The molecular weight excluding hydrogens is 168 g/mol. The number of fused-ring (bicyclic) bond motifs is 1. The van der Waals surface area contributed by atoms with Gasteiger partial charge in [0, 0.05) is 12.7 Å². The van der Waals surface area contributed by atoms with Gasteiger partial charge in [0.1, 0.15) is 5.84 Å². The number of aliphatic carboxylic acids is 1. The second-order valence-electron chi connectivity index (χ2n) is 3.09. The Morgan fingerprint density at radius 3 is 3.23 bits per heavy atom. The summed E-state index contributed by atoms with van der Waals surface area (Å²) in [5, 5.41) is 8.58. The number of carboxylic acid groups (broad SMARTS) is 1. The molecule has 1 atom stereocenters. The predicted molar refractivity (Wildman–Crippen MR) is 48.5 cm³/mol. The van der Waals surface area contributed by atoms with Crippen molar-refractivity contribution in [2.45, 2.75) is 12.5 Å². The number of carboxylic acids is 1. The highest BCUT2D eigenvalue weighted by molar-refractivity contribution is 5.96. The van der Waals surface area contributed by atoms with Gasteiger partial charge in [0.25, 0.3) is 0 Å². The number of aliphatic imine (C=N–C) groups is 1. The Balaban J connectivity index is 2.07. The van der Waals surface area contributed by atoms with Gasteiger partial charge in [-0.25, -0.2) is 0 Å². The molecule has 1 unspecified atom stereocenters. The molecule has 13 heavy (non-hydrogen) atoms. The van der Waals surface area contributed by atoms with E-state index in [1.165, 1.54) is 0 Å². The highest BCUT2D eigenvalue weighted by Crippen LogP contribution is 2.15. The van der Waals surface area contributed by atoms with Crippen LogP contribution in [0.3, 0.4) is 0 Å². The van der Waals surface area contributed by atoms with E-state index in [1.54, 1.807) is 0 Å². The summed E-state index contributed by atoms with van der Waals surface area (Å²) in [6, 6.07) is -0.0973. The molecule has 2 rings (SSSR count). The van der Waals surface area contributed by atoms with Gasteiger partial charge in [-0.1, -0.05) is 6.08 Å². The molecule has 0 saturated heterocycles. The molecule has 2 heterocycles. The van der Waals surface area contributed by atoms with Crippen molar-refractivity contribution in [3.05, 3.63) is 24.4 Å². The number of amidine groups is 1. The van der Waals surface area contributed by atoms with Crippen LogP contribution in [0.5, 0.6) is 0 Å². The van der Waals surface area contributed by atoms with Gasteiger partial charge in [0.15, 0.2) is 0 Å². The Kier molecular flexibility index (Phi) is 1.88. The summed E-state index contributed by atoms with van der Waals surface area (Å²) < 4.78 is 0. The SMILES string of the molecule is O=C(O)CC1CN2C=CC=CC2=N1. The van der Waals surface area contributed by atoms with Crippen molar-refractivity contribution in [2.75, 3.05) is 6.54 Å². The lowest BCUT2D eigenvalue weighted by Gasteiger charge is -2.15. The first-order chi connectivity index (χ1) is 6.25. The fourth-order valence-electron chi connectivity index (χ4n) is 1.51. The van der Waals surface area contributed by atoms with Crippen LogP contribution in [-0.2, 0) is 4.79 Å². The molecule has 0 aliphatic carbocycles. The first kappa shape index (κ1) is 8.04. The van der Waals surface area contributed by atoms with E-state index in [9.17, 15) is 4.79 Å². The summed E-state index contributed by atoms with van der Waals surface area (Å²) in [6.45, 7) is 0.683. The Morgan fingerprint density at radius 2 is 2.54 bits per heavy atom. The number of hydrogen-bond donors (Lipinski definition) is 1. The molecular formula is C9H10N2O2. The summed E-state index contributed by atoms with van der Waals surface area (Å²) in [4.78, 5) is 16.7. The standard InChI is InChI=1S/C9H10N2O2/c12-9(13)5-7-6-11-4-2-1-3-8(11)10-7/h1-4,7H,5-6H2,(H,12,13). The van der Waals surface area contributed by atoms with Crippen molar-refractivity contribution >= 4 is 11.8 Å². The maximum absolute atomic E-state index is 10.4. The first-order valence-corrected chi connectivity index (χ1v) is 4.17. The molecule has 0 spiro atoms. The smallest absolute Gasteiger partial charge is 0.305 e. The molecule has 0 amide bonds. The average molecular weight is 178 g/mol. The molecule has 4 nitrogen and oxygen atoms in total. The van der Waals surface area contributed by atoms with Crippen LogP contribution in [0, 0.1) is 0 Å². The Morgan fingerprint density at radius 1 is 1.69 bits per heavy atom. The van der Waals surface area contributed by atoms with Gasteiger partial charge in [-0.05, 0) is 12.2 Å². The normalized spacial score (nSPS) is 24.5. The topological polar surface area (TPSA) is 52.9 Å². The first-order valence-electron chi connectivity index (χ1n) is 4.17. The maximum Gasteiger partial charge on any atom is 0.305 e. The highest BCUT2D eigenvalue weighted by Gasteiger charge is 2.24.